The largest absolute Gasteiger partial charge is 0.493 e. The Morgan fingerprint density at radius 1 is 0.218 bits per heavy atom. The van der Waals surface area contributed by atoms with Crippen LogP contribution in [0.3, 0.4) is 0 Å². The Bertz CT molecular complexity index is 5580. The Morgan fingerprint density at radius 3 is 0.614 bits per heavy atom. The van der Waals surface area contributed by atoms with E-state index in [1.54, 1.807) is 49.6 Å². The molecule has 0 saturated heterocycles. The first-order chi connectivity index (χ1) is 50.0. The average Bonchev–Trinajstić information content (AvgIpc) is 1.69. The van der Waals surface area contributed by atoms with Gasteiger partial charge in [-0.05, 0) is 194 Å². The highest BCUT2D eigenvalue weighted by atomic mass is 16.5. The maximum absolute atomic E-state index is 6.95. The molecule has 101 heavy (non-hydrogen) atoms. The molecule has 0 saturated carbocycles. The molecule has 0 aliphatic heterocycles. The lowest BCUT2D eigenvalue weighted by molar-refractivity contribution is -0.00350. The van der Waals surface area contributed by atoms with Gasteiger partial charge in [0, 0.05) is 115 Å². The van der Waals surface area contributed by atoms with Crippen LogP contribution in [0.15, 0.2) is 244 Å². The summed E-state index contributed by atoms with van der Waals surface area (Å²) in [6, 6.07) is 63.4. The molecule has 0 atom stereocenters. The zero-order valence-electron chi connectivity index (χ0n) is 53.4. The Morgan fingerprint density at radius 2 is 0.406 bits per heavy atom. The number of H-pyrrole nitrogens is 4. The third kappa shape index (κ3) is 9.74. The van der Waals surface area contributed by atoms with E-state index in [0.717, 1.165) is 154 Å². The molecule has 20 heteroatoms. The van der Waals surface area contributed by atoms with E-state index in [-0.39, 0.29) is 26.4 Å². The molecule has 0 radical (unpaired) electrons. The van der Waals surface area contributed by atoms with E-state index in [1.807, 2.05) is 194 Å². The number of rotatable bonds is 16. The van der Waals surface area contributed by atoms with E-state index in [2.05, 4.69) is 19.9 Å². The van der Waals surface area contributed by atoms with Gasteiger partial charge in [-0.25, -0.2) is 19.9 Å². The summed E-state index contributed by atoms with van der Waals surface area (Å²) in [5.74, 6) is 5.27. The highest BCUT2D eigenvalue weighted by Gasteiger charge is 2.36. The van der Waals surface area contributed by atoms with Gasteiger partial charge in [0.2, 0.25) is 0 Å². The summed E-state index contributed by atoms with van der Waals surface area (Å²) in [6.45, 7) is 0.401. The summed E-state index contributed by atoms with van der Waals surface area (Å²) in [4.78, 5) is 72.8. The first-order valence-corrected chi connectivity index (χ1v) is 33.0. The van der Waals surface area contributed by atoms with E-state index in [0.29, 0.717) is 46.3 Å². The fraction of sp³-hybridized carbons (Fsp3) is 0.0617. The summed E-state index contributed by atoms with van der Waals surface area (Å²) >= 11 is 0. The van der Waals surface area contributed by atoms with Crippen molar-refractivity contribution in [2.24, 2.45) is 5.41 Å². The number of pyridine rings is 8. The van der Waals surface area contributed by atoms with Crippen LogP contribution in [-0.2, 0) is 0 Å². The van der Waals surface area contributed by atoms with Crippen molar-refractivity contribution in [3.05, 3.63) is 244 Å². The second kappa shape index (κ2) is 23.2. The van der Waals surface area contributed by atoms with Crippen molar-refractivity contribution in [1.82, 2.24) is 79.7 Å². The highest BCUT2D eigenvalue weighted by Crippen LogP contribution is 2.40. The van der Waals surface area contributed by atoms with Crippen LogP contribution in [0, 0.1) is 5.41 Å². The molecule has 20 nitrogen and oxygen atoms in total. The van der Waals surface area contributed by atoms with Crippen LogP contribution in [0.2, 0.25) is 0 Å². The summed E-state index contributed by atoms with van der Waals surface area (Å²) in [5, 5.41) is 7.44. The molecule has 0 bridgehead atoms. The van der Waals surface area contributed by atoms with Gasteiger partial charge in [0.05, 0.1) is 88.3 Å². The molecule has 20 rings (SSSR count). The van der Waals surface area contributed by atoms with Crippen molar-refractivity contribution in [1.29, 1.82) is 0 Å². The van der Waals surface area contributed by atoms with Crippen molar-refractivity contribution in [3.63, 3.8) is 0 Å². The Kier molecular flexibility index (Phi) is 13.2. The number of hydrogen-bond donors (Lipinski definition) is 4. The number of imidazole rings is 4. The maximum atomic E-state index is 6.95. The number of fused-ring (bicyclic) bond motifs is 24. The number of hydrogen-bond acceptors (Lipinski definition) is 16. The SMILES string of the molecule is c1cnc2c(c1)c1nc(-c3ccc(OCC(COc4ccc(-c5nc6c7cccnc7c7ncccc7c6[nH]5)cc4)(COc4ccc(-c5nc6c7cccnc7c7ncccc7c6[nH]5)cc4)COc4ccc(-c5nc6c7cccnc7c7ncccc7c6[nH]5)cc4)cc3)[nH]c1c1cccnc12. The molecule has 0 amide bonds. The smallest absolute Gasteiger partial charge is 0.138 e. The minimum atomic E-state index is -0.994. The lowest BCUT2D eigenvalue weighted by Gasteiger charge is -2.33. The van der Waals surface area contributed by atoms with Gasteiger partial charge in [-0.15, -0.1) is 0 Å². The van der Waals surface area contributed by atoms with Crippen molar-refractivity contribution >= 4 is 131 Å². The number of nitrogens with one attached hydrogen (secondary N) is 4. The van der Waals surface area contributed by atoms with Crippen LogP contribution in [-0.4, -0.2) is 106 Å². The van der Waals surface area contributed by atoms with E-state index >= 15 is 0 Å². The normalized spacial score (nSPS) is 12.1. The maximum Gasteiger partial charge on any atom is 0.138 e. The summed E-state index contributed by atoms with van der Waals surface area (Å²) in [5.41, 5.74) is 15.8. The van der Waals surface area contributed by atoms with Gasteiger partial charge in [-0.1, -0.05) is 0 Å². The van der Waals surface area contributed by atoms with E-state index < -0.39 is 5.41 Å². The second-order valence-electron chi connectivity index (χ2n) is 25.2. The minimum Gasteiger partial charge on any atom is -0.493 e. The van der Waals surface area contributed by atoms with Gasteiger partial charge < -0.3 is 38.9 Å². The fourth-order valence-electron chi connectivity index (χ4n) is 14.0. The van der Waals surface area contributed by atoms with Crippen LogP contribution < -0.4 is 18.9 Å². The van der Waals surface area contributed by atoms with E-state index in [4.69, 9.17) is 78.8 Å². The Labute approximate surface area is 571 Å². The molecule has 480 valence electrons. The van der Waals surface area contributed by atoms with E-state index in [9.17, 15) is 0 Å². The molecule has 20 aromatic rings. The number of ether oxygens (including phenoxy) is 4. The molecule has 0 fully saturated rings. The van der Waals surface area contributed by atoms with Crippen molar-refractivity contribution in [2.75, 3.05) is 26.4 Å². The lowest BCUT2D eigenvalue weighted by atomic mass is 9.92. The monoisotopic (exact) mass is 1310 g/mol. The molecule has 0 spiro atoms. The van der Waals surface area contributed by atoms with Gasteiger partial charge in [0.1, 0.15) is 78.1 Å². The molecule has 12 heterocycles. The zero-order valence-corrected chi connectivity index (χ0v) is 53.4. The third-order valence-corrected chi connectivity index (χ3v) is 19.0. The molecule has 12 aromatic heterocycles. The molecule has 4 N–H and O–H groups in total. The Hall–Kier alpha value is -13.9. The van der Waals surface area contributed by atoms with Crippen LogP contribution in [0.5, 0.6) is 23.0 Å². The van der Waals surface area contributed by atoms with Gasteiger partial charge >= 0.3 is 0 Å². The van der Waals surface area contributed by atoms with Gasteiger partial charge in [-0.2, -0.15) is 0 Å². The number of benzene rings is 8. The standard InChI is InChI=1S/C81H52N16O4/c1-9-53-61(82-33-1)62-54(10-2-34-83-62)70-69(53)90-77(91-70)45-17-25-49(26-18-45)98-41-81(42-99-50-27-19-46(20-28-50)78-92-71-55-11-3-35-84-63(55)64-56(72(71)93-78)12-4-36-85-64,43-100-51-29-21-47(22-30-51)79-94-73-57-13-5-37-86-65(57)66-58(74(73)95-79)14-6-38-87-66)44-101-52-31-23-48(24-32-52)80-96-75-59-15-7-39-88-67(59)68-60(76(75)97-80)16-8-40-89-68/h1-40H,41-44H2,(H,90,91)(H,92,93)(H,94,95)(H,96,97). The quantitative estimate of drug-likeness (QED) is 0.0656. The van der Waals surface area contributed by atoms with Crippen molar-refractivity contribution < 1.29 is 18.9 Å². The molecule has 0 unspecified atom stereocenters. The van der Waals surface area contributed by atoms with Gasteiger partial charge in [0.25, 0.3) is 0 Å². The Balaban J connectivity index is 0.648. The van der Waals surface area contributed by atoms with Crippen molar-refractivity contribution in [3.8, 4) is 68.5 Å². The highest BCUT2D eigenvalue weighted by molar-refractivity contribution is 6.24. The topological polar surface area (TPSA) is 255 Å². The predicted molar refractivity (Wildman–Crippen MR) is 393 cm³/mol. The molecule has 0 aliphatic carbocycles. The summed E-state index contributed by atoms with van der Waals surface area (Å²) in [6.07, 6.45) is 14.3. The zero-order chi connectivity index (χ0) is 66.5. The fourth-order valence-corrected chi connectivity index (χ4v) is 14.0. The van der Waals surface area contributed by atoms with E-state index in [1.165, 1.54) is 0 Å². The first kappa shape index (κ1) is 57.4. The van der Waals surface area contributed by atoms with Crippen LogP contribution in [0.25, 0.3) is 177 Å². The van der Waals surface area contributed by atoms with Crippen LogP contribution in [0.1, 0.15) is 0 Å². The van der Waals surface area contributed by atoms with Gasteiger partial charge in [-0.3, -0.25) is 39.9 Å². The van der Waals surface area contributed by atoms with Crippen LogP contribution in [0.4, 0.5) is 0 Å². The molecular formula is C81H52N16O4. The second-order valence-corrected chi connectivity index (χ2v) is 25.2. The average molecular weight is 1310 g/mol. The third-order valence-electron chi connectivity index (χ3n) is 19.0. The van der Waals surface area contributed by atoms with Crippen molar-refractivity contribution in [2.45, 2.75) is 0 Å². The molecule has 0 aliphatic rings. The molecule has 8 aromatic carbocycles. The number of nitrogens with zero attached hydrogens (tertiary/aromatic N) is 12. The van der Waals surface area contributed by atoms with Gasteiger partial charge in [0.15, 0.2) is 0 Å². The first-order valence-electron chi connectivity index (χ1n) is 33.0. The predicted octanol–water partition coefficient (Wildman–Crippen LogP) is 16.8. The summed E-state index contributed by atoms with van der Waals surface area (Å²) < 4.78 is 27.8. The molecular weight excluding hydrogens is 1260 g/mol. The lowest BCUT2D eigenvalue weighted by Crippen LogP contribution is -2.45. The minimum absolute atomic E-state index is 0.100. The summed E-state index contributed by atoms with van der Waals surface area (Å²) in [7, 11) is 0. The number of aromatic amines is 4. The van der Waals surface area contributed by atoms with Crippen LogP contribution >= 0.6 is 0 Å². The number of aromatic nitrogens is 16.